The van der Waals surface area contributed by atoms with Crippen molar-refractivity contribution in [2.24, 2.45) is 11.0 Å². The molecule has 1 aliphatic heterocycles. The maximum Gasteiger partial charge on any atom is 0.440 e. The number of allylic oxidation sites excluding steroid dienone is 2. The van der Waals surface area contributed by atoms with Gasteiger partial charge in [0.25, 0.3) is 11.9 Å². The minimum absolute atomic E-state index is 0.0266. The van der Waals surface area contributed by atoms with Crippen molar-refractivity contribution < 1.29 is 44.6 Å². The van der Waals surface area contributed by atoms with Crippen LogP contribution in [0.5, 0.6) is 0 Å². The van der Waals surface area contributed by atoms with E-state index in [-0.39, 0.29) is 17.5 Å². The van der Waals surface area contributed by atoms with E-state index in [4.69, 9.17) is 0 Å². The molecule has 3 aliphatic rings. The molecule has 0 bridgehead atoms. The first kappa shape index (κ1) is 18.0. The van der Waals surface area contributed by atoms with Gasteiger partial charge in [-0.2, -0.15) is 22.0 Å². The molecule has 1 unspecified atom stereocenters. The summed E-state index contributed by atoms with van der Waals surface area (Å²) in [7, 11) is 0. The second kappa shape index (κ2) is 5.60. The molecule has 1 saturated carbocycles. The Labute approximate surface area is 135 Å². The molecule has 3 nitrogen and oxygen atoms in total. The lowest BCUT2D eigenvalue weighted by Crippen LogP contribution is -2.38. The van der Waals surface area contributed by atoms with Crippen molar-refractivity contribution in [3.05, 3.63) is 11.3 Å². The Morgan fingerprint density at radius 3 is 2.32 bits per heavy atom. The maximum absolute atomic E-state index is 13.9. The lowest BCUT2D eigenvalue weighted by atomic mass is 9.87. The van der Waals surface area contributed by atoms with Gasteiger partial charge in [-0.25, -0.2) is 13.2 Å². The van der Waals surface area contributed by atoms with Gasteiger partial charge in [0.05, 0.1) is 0 Å². The van der Waals surface area contributed by atoms with E-state index in [1.54, 1.807) is 0 Å². The van der Waals surface area contributed by atoms with Crippen molar-refractivity contribution in [2.45, 2.75) is 49.9 Å². The fraction of sp³-hybridized carbons (Fsp3) is 0.643. The molecular formula is C14H11F8N2O+. The summed E-state index contributed by atoms with van der Waals surface area (Å²) in [4.78, 5) is 11.5. The van der Waals surface area contributed by atoms with Gasteiger partial charge in [0.1, 0.15) is 17.9 Å². The predicted octanol–water partition coefficient (Wildman–Crippen LogP) is 3.29. The van der Waals surface area contributed by atoms with E-state index >= 15 is 0 Å². The molecule has 0 radical (unpaired) electrons. The Bertz CT molecular complexity index is 708. The van der Waals surface area contributed by atoms with Crippen LogP contribution in [0.3, 0.4) is 0 Å². The molecule has 0 aromatic carbocycles. The van der Waals surface area contributed by atoms with Gasteiger partial charge in [-0.05, 0) is 19.3 Å². The Kier molecular flexibility index (Phi) is 4.03. The van der Waals surface area contributed by atoms with E-state index in [1.165, 1.54) is 0 Å². The first-order chi connectivity index (χ1) is 11.4. The first-order valence-corrected chi connectivity index (χ1v) is 7.34. The van der Waals surface area contributed by atoms with Crippen LogP contribution in [0.15, 0.2) is 16.4 Å². The summed E-state index contributed by atoms with van der Waals surface area (Å²) in [5.41, 5.74) is -4.64. The number of ketones is 1. The maximum atomic E-state index is 13.9. The first-order valence-electron chi connectivity index (χ1n) is 7.34. The molecule has 25 heavy (non-hydrogen) atoms. The molecule has 0 amide bonds. The highest BCUT2D eigenvalue weighted by Gasteiger charge is 2.69. The van der Waals surface area contributed by atoms with Crippen molar-refractivity contribution >= 4 is 17.7 Å². The average molecular weight is 375 g/mol. The Morgan fingerprint density at radius 1 is 1.12 bits per heavy atom. The second-order valence-electron chi connectivity index (χ2n) is 6.12. The molecule has 1 fully saturated rings. The number of halogens is 8. The normalized spacial score (nSPS) is 36.9. The summed E-state index contributed by atoms with van der Waals surface area (Å²) < 4.78 is 107. The molecule has 0 saturated heterocycles. The van der Waals surface area contributed by atoms with Gasteiger partial charge >= 0.3 is 12.1 Å². The molecule has 0 aromatic rings. The summed E-state index contributed by atoms with van der Waals surface area (Å²) in [5, 5.41) is 3.03. The van der Waals surface area contributed by atoms with E-state index in [9.17, 15) is 39.9 Å². The van der Waals surface area contributed by atoms with Gasteiger partial charge in [-0.1, -0.05) is 4.68 Å². The fourth-order valence-corrected chi connectivity index (χ4v) is 3.12. The van der Waals surface area contributed by atoms with Crippen LogP contribution in [0.4, 0.5) is 35.1 Å². The van der Waals surface area contributed by atoms with Gasteiger partial charge in [0, 0.05) is 11.0 Å². The minimum atomic E-state index is -5.25. The third kappa shape index (κ3) is 2.77. The number of nitrogens with zero attached hydrogens (tertiary/aromatic N) is 2. The van der Waals surface area contributed by atoms with Crippen LogP contribution < -0.4 is 0 Å². The largest absolute Gasteiger partial charge is 0.440 e. The van der Waals surface area contributed by atoms with Crippen LogP contribution in [0.2, 0.25) is 0 Å². The fourth-order valence-electron chi connectivity index (χ4n) is 3.12. The predicted molar refractivity (Wildman–Crippen MR) is 68.8 cm³/mol. The van der Waals surface area contributed by atoms with Gasteiger partial charge < -0.3 is 0 Å². The summed E-state index contributed by atoms with van der Waals surface area (Å²) in [6.45, 7) is 0. The highest BCUT2D eigenvalue weighted by Crippen LogP contribution is 2.45. The highest BCUT2D eigenvalue weighted by molar-refractivity contribution is 6.29. The topological polar surface area (TPSA) is 32.4 Å². The third-order valence-electron chi connectivity index (χ3n) is 4.39. The number of rotatable bonds is 1. The number of carbonyl (C=O) groups excluding carboxylic acids is 1. The molecule has 11 heteroatoms. The SMILES string of the molecule is O=C1C2=C([C@H](F)C1(F)F)/[N+](=C/C1CC[C@@H](F)[C@@H](F)C1)N=C2C(F)(F)F. The van der Waals surface area contributed by atoms with Crippen molar-refractivity contribution in [3.63, 3.8) is 0 Å². The summed E-state index contributed by atoms with van der Waals surface area (Å²) in [5.74, 6) is -7.76. The van der Waals surface area contributed by atoms with E-state index < -0.39 is 65.7 Å². The van der Waals surface area contributed by atoms with Crippen LogP contribution >= 0.6 is 0 Å². The zero-order chi connectivity index (χ0) is 18.7. The number of hydrogen-bond acceptors (Lipinski definition) is 2. The summed E-state index contributed by atoms with van der Waals surface area (Å²) >= 11 is 0. The monoisotopic (exact) mass is 375 g/mol. The smallest absolute Gasteiger partial charge is 0.287 e. The lowest BCUT2D eigenvalue weighted by molar-refractivity contribution is -0.485. The molecule has 2 aliphatic carbocycles. The number of Topliss-reactive ketones (excluding diaryl/α,β-unsaturated/α-hetero) is 1. The average Bonchev–Trinajstić information content (AvgIpc) is 2.95. The van der Waals surface area contributed by atoms with Gasteiger partial charge in [-0.15, -0.1) is 0 Å². The molecule has 3 rings (SSSR count). The second-order valence-corrected chi connectivity index (χ2v) is 6.12. The number of hydrazone groups is 1. The number of carbonyl (C=O) groups is 1. The zero-order valence-electron chi connectivity index (χ0n) is 12.3. The van der Waals surface area contributed by atoms with Crippen LogP contribution in [0.25, 0.3) is 0 Å². The summed E-state index contributed by atoms with van der Waals surface area (Å²) in [6, 6.07) is 0. The molecule has 0 N–H and O–H groups in total. The molecule has 0 spiro atoms. The Hall–Kier alpha value is -1.81. The van der Waals surface area contributed by atoms with Crippen LogP contribution in [-0.2, 0) is 4.79 Å². The highest BCUT2D eigenvalue weighted by atomic mass is 19.4. The molecule has 0 aromatic heterocycles. The van der Waals surface area contributed by atoms with Crippen molar-refractivity contribution in [1.29, 1.82) is 0 Å². The lowest BCUT2D eigenvalue weighted by Gasteiger charge is -2.23. The summed E-state index contributed by atoms with van der Waals surface area (Å²) in [6.07, 6.45) is -11.9. The van der Waals surface area contributed by atoms with Crippen LogP contribution in [0, 0.1) is 5.92 Å². The van der Waals surface area contributed by atoms with Gasteiger partial charge in [0.15, 0.2) is 6.21 Å². The van der Waals surface area contributed by atoms with E-state index in [0.29, 0.717) is 0 Å². The van der Waals surface area contributed by atoms with Crippen molar-refractivity contribution in [2.75, 3.05) is 0 Å². The van der Waals surface area contributed by atoms with Gasteiger partial charge in [0.2, 0.25) is 11.5 Å². The minimum Gasteiger partial charge on any atom is -0.287 e. The molecule has 1 heterocycles. The van der Waals surface area contributed by atoms with E-state index in [1.807, 2.05) is 0 Å². The van der Waals surface area contributed by atoms with E-state index in [0.717, 1.165) is 6.21 Å². The molecule has 4 atom stereocenters. The molecule has 138 valence electrons. The Morgan fingerprint density at radius 2 is 1.76 bits per heavy atom. The quantitative estimate of drug-likeness (QED) is 0.511. The van der Waals surface area contributed by atoms with Crippen LogP contribution in [0.1, 0.15) is 19.3 Å². The number of hydrogen-bond donors (Lipinski definition) is 0. The van der Waals surface area contributed by atoms with Crippen molar-refractivity contribution in [1.82, 2.24) is 0 Å². The van der Waals surface area contributed by atoms with Crippen molar-refractivity contribution in [3.8, 4) is 0 Å². The van der Waals surface area contributed by atoms with Crippen LogP contribution in [-0.4, -0.2) is 53.0 Å². The standard InChI is InChI=1S/C14H11F8N2O/c15-6-2-1-5(3-7(6)16)4-24-9-8(11(23-24)14(20,21)22)12(25)13(18,19)10(9)17/h4-7,10H,1-3H2/q+1/b24-4-/t5?,6-,7+,10+/m1/s1. The third-order valence-corrected chi connectivity index (χ3v) is 4.39. The Balaban J connectivity index is 2.03. The zero-order valence-corrected chi connectivity index (χ0v) is 12.3. The van der Waals surface area contributed by atoms with E-state index in [2.05, 4.69) is 5.10 Å². The number of alkyl halides is 8. The molecular weight excluding hydrogens is 364 g/mol. The van der Waals surface area contributed by atoms with Gasteiger partial charge in [-0.3, -0.25) is 4.79 Å².